The zero-order valence-corrected chi connectivity index (χ0v) is 15.2. The van der Waals surface area contributed by atoms with Gasteiger partial charge in [-0.15, -0.1) is 0 Å². The van der Waals surface area contributed by atoms with E-state index in [0.717, 1.165) is 17.7 Å². The monoisotopic (exact) mass is 371 g/mol. The Hall–Kier alpha value is -2.41. The summed E-state index contributed by atoms with van der Waals surface area (Å²) < 4.78 is 28.0. The van der Waals surface area contributed by atoms with Crippen LogP contribution in [0.1, 0.15) is 28.8 Å². The van der Waals surface area contributed by atoms with Crippen LogP contribution < -0.4 is 4.31 Å². The van der Waals surface area contributed by atoms with Crippen molar-refractivity contribution in [3.05, 3.63) is 59.9 Å². The number of likely N-dealkylation sites (tertiary alicyclic amines) is 1. The van der Waals surface area contributed by atoms with Crippen LogP contribution in [0.3, 0.4) is 0 Å². The van der Waals surface area contributed by atoms with E-state index in [-0.39, 0.29) is 12.5 Å². The molecule has 4 rings (SSSR count). The van der Waals surface area contributed by atoms with Gasteiger partial charge in [-0.1, -0.05) is 18.2 Å². The predicted octanol–water partition coefficient (Wildman–Crippen LogP) is 2.08. The van der Waals surface area contributed by atoms with Crippen molar-refractivity contribution in [2.75, 3.05) is 23.9 Å². The molecule has 6 nitrogen and oxygen atoms in total. The number of aromatic nitrogens is 1. The maximum absolute atomic E-state index is 13.2. The predicted molar refractivity (Wildman–Crippen MR) is 99.6 cm³/mol. The second kappa shape index (κ2) is 6.72. The number of hydrogen-bond donors (Lipinski definition) is 0. The van der Waals surface area contributed by atoms with Crippen molar-refractivity contribution in [2.24, 2.45) is 0 Å². The standard InChI is InChI=1S/C19H21N3O3S/c23-19(16-7-10-20-11-8-16)21-12-3-5-17(14-21)26(24,25)22-13-9-15-4-1-2-6-18(15)22/h1-2,4,6-8,10-11,17H,3,5,9,12-14H2. The number of nitrogens with zero attached hydrogens (tertiary/aromatic N) is 3. The van der Waals surface area contributed by atoms with Crippen molar-refractivity contribution in [1.29, 1.82) is 0 Å². The summed E-state index contributed by atoms with van der Waals surface area (Å²) in [5.74, 6) is -0.130. The van der Waals surface area contributed by atoms with Crippen molar-refractivity contribution < 1.29 is 13.2 Å². The number of piperidine rings is 1. The van der Waals surface area contributed by atoms with Crippen molar-refractivity contribution in [2.45, 2.75) is 24.5 Å². The third-order valence-electron chi connectivity index (χ3n) is 5.17. The molecule has 0 spiro atoms. The van der Waals surface area contributed by atoms with Crippen molar-refractivity contribution in [1.82, 2.24) is 9.88 Å². The van der Waals surface area contributed by atoms with Gasteiger partial charge in [0.25, 0.3) is 5.91 Å². The number of fused-ring (bicyclic) bond motifs is 1. The van der Waals surface area contributed by atoms with Crippen LogP contribution in [0.15, 0.2) is 48.8 Å². The number of pyridine rings is 1. The molecule has 1 atom stereocenters. The lowest BCUT2D eigenvalue weighted by Gasteiger charge is -2.35. The highest BCUT2D eigenvalue weighted by Crippen LogP contribution is 2.33. The molecular weight excluding hydrogens is 350 g/mol. The van der Waals surface area contributed by atoms with Crippen LogP contribution in [0.4, 0.5) is 5.69 Å². The van der Waals surface area contributed by atoms with E-state index in [1.54, 1.807) is 29.4 Å². The molecule has 3 heterocycles. The van der Waals surface area contributed by atoms with Gasteiger partial charge in [-0.05, 0) is 43.0 Å². The van der Waals surface area contributed by atoms with Gasteiger partial charge in [0.2, 0.25) is 10.0 Å². The molecule has 1 aromatic heterocycles. The Morgan fingerprint density at radius 3 is 2.65 bits per heavy atom. The van der Waals surface area contributed by atoms with Crippen LogP contribution in [-0.4, -0.2) is 49.1 Å². The van der Waals surface area contributed by atoms with Crippen LogP contribution in [0.2, 0.25) is 0 Å². The maximum Gasteiger partial charge on any atom is 0.254 e. The first-order chi connectivity index (χ1) is 12.6. The summed E-state index contributed by atoms with van der Waals surface area (Å²) in [5, 5.41) is -0.562. The molecule has 0 radical (unpaired) electrons. The zero-order chi connectivity index (χ0) is 18.1. The normalized spacial score (nSPS) is 20.1. The zero-order valence-electron chi connectivity index (χ0n) is 14.4. The highest BCUT2D eigenvalue weighted by atomic mass is 32.2. The first-order valence-corrected chi connectivity index (χ1v) is 10.4. The smallest absolute Gasteiger partial charge is 0.254 e. The quantitative estimate of drug-likeness (QED) is 0.828. The van der Waals surface area contributed by atoms with E-state index in [1.165, 1.54) is 4.31 Å². The topological polar surface area (TPSA) is 70.6 Å². The Morgan fingerprint density at radius 1 is 1.08 bits per heavy atom. The Balaban J connectivity index is 1.55. The molecule has 136 valence electrons. The summed E-state index contributed by atoms with van der Waals surface area (Å²) in [5.41, 5.74) is 2.39. The Bertz CT molecular complexity index is 915. The Labute approximate surface area is 153 Å². The molecule has 1 aromatic carbocycles. The van der Waals surface area contributed by atoms with E-state index in [9.17, 15) is 13.2 Å². The molecular formula is C19H21N3O3S. The first kappa shape index (κ1) is 17.0. The van der Waals surface area contributed by atoms with Crippen molar-refractivity contribution >= 4 is 21.6 Å². The molecule has 2 aliphatic rings. The third kappa shape index (κ3) is 2.96. The number of carbonyl (C=O) groups excluding carboxylic acids is 1. The van der Waals surface area contributed by atoms with E-state index in [0.29, 0.717) is 31.5 Å². The van der Waals surface area contributed by atoms with Crippen LogP contribution in [0.25, 0.3) is 0 Å². The summed E-state index contributed by atoms with van der Waals surface area (Å²) in [6.45, 7) is 1.31. The summed E-state index contributed by atoms with van der Waals surface area (Å²) in [6, 6.07) is 11.0. The fraction of sp³-hybridized carbons (Fsp3) is 0.368. The lowest BCUT2D eigenvalue weighted by atomic mass is 10.1. The lowest BCUT2D eigenvalue weighted by molar-refractivity contribution is 0.0726. The van der Waals surface area contributed by atoms with Gasteiger partial charge in [0.05, 0.1) is 10.9 Å². The average molecular weight is 371 g/mol. The van der Waals surface area contributed by atoms with Crippen molar-refractivity contribution in [3.8, 4) is 0 Å². The second-order valence-electron chi connectivity index (χ2n) is 6.75. The van der Waals surface area contributed by atoms with E-state index < -0.39 is 15.3 Å². The van der Waals surface area contributed by atoms with Crippen LogP contribution >= 0.6 is 0 Å². The van der Waals surface area contributed by atoms with Crippen LogP contribution in [0, 0.1) is 0 Å². The molecule has 0 aliphatic carbocycles. The number of anilines is 1. The largest absolute Gasteiger partial charge is 0.337 e. The van der Waals surface area contributed by atoms with E-state index in [2.05, 4.69) is 4.98 Å². The van der Waals surface area contributed by atoms with Gasteiger partial charge in [0, 0.05) is 37.6 Å². The molecule has 2 aliphatic heterocycles. The SMILES string of the molecule is O=C(c1ccncc1)N1CCCC(S(=O)(=O)N2CCc3ccccc32)C1. The lowest BCUT2D eigenvalue weighted by Crippen LogP contribution is -2.49. The number of sulfonamides is 1. The highest BCUT2D eigenvalue weighted by molar-refractivity contribution is 7.93. The number of hydrogen-bond acceptors (Lipinski definition) is 4. The van der Waals surface area contributed by atoms with E-state index in [4.69, 9.17) is 0 Å². The van der Waals surface area contributed by atoms with Gasteiger partial charge in [0.15, 0.2) is 0 Å². The second-order valence-corrected chi connectivity index (χ2v) is 8.88. The van der Waals surface area contributed by atoms with Gasteiger partial charge in [0.1, 0.15) is 0 Å². The molecule has 1 amide bonds. The van der Waals surface area contributed by atoms with Gasteiger partial charge in [-0.3, -0.25) is 14.1 Å². The van der Waals surface area contributed by atoms with Crippen molar-refractivity contribution in [3.63, 3.8) is 0 Å². The first-order valence-electron chi connectivity index (χ1n) is 8.86. The molecule has 26 heavy (non-hydrogen) atoms. The van der Waals surface area contributed by atoms with Gasteiger partial charge >= 0.3 is 0 Å². The number of rotatable bonds is 3. The Morgan fingerprint density at radius 2 is 1.85 bits per heavy atom. The molecule has 0 saturated carbocycles. The summed E-state index contributed by atoms with van der Waals surface area (Å²) in [4.78, 5) is 18.3. The minimum atomic E-state index is -3.50. The van der Waals surface area contributed by atoms with Gasteiger partial charge < -0.3 is 4.90 Å². The van der Waals surface area contributed by atoms with E-state index in [1.807, 2.05) is 24.3 Å². The summed E-state index contributed by atoms with van der Waals surface area (Å²) in [7, 11) is -3.50. The minimum Gasteiger partial charge on any atom is -0.337 e. The maximum atomic E-state index is 13.2. The van der Waals surface area contributed by atoms with E-state index >= 15 is 0 Å². The molecule has 1 fully saturated rings. The van der Waals surface area contributed by atoms with Crippen LogP contribution in [-0.2, 0) is 16.4 Å². The number of carbonyl (C=O) groups is 1. The van der Waals surface area contributed by atoms with Gasteiger partial charge in [-0.2, -0.15) is 0 Å². The fourth-order valence-electron chi connectivity index (χ4n) is 3.80. The van der Waals surface area contributed by atoms with Crippen LogP contribution in [0.5, 0.6) is 0 Å². The average Bonchev–Trinajstić information content (AvgIpc) is 3.13. The Kier molecular flexibility index (Phi) is 4.40. The molecule has 0 N–H and O–H groups in total. The number of benzene rings is 1. The molecule has 1 saturated heterocycles. The minimum absolute atomic E-state index is 0.130. The van der Waals surface area contributed by atoms with Gasteiger partial charge in [-0.25, -0.2) is 8.42 Å². The third-order valence-corrected chi connectivity index (χ3v) is 7.39. The molecule has 7 heteroatoms. The number of amides is 1. The molecule has 1 unspecified atom stereocenters. The summed E-state index contributed by atoms with van der Waals surface area (Å²) in [6.07, 6.45) is 5.16. The molecule has 0 bridgehead atoms. The highest BCUT2D eigenvalue weighted by Gasteiger charge is 2.39. The molecule has 2 aromatic rings. The number of para-hydroxylation sites is 1. The summed E-state index contributed by atoms with van der Waals surface area (Å²) >= 11 is 0. The fourth-order valence-corrected chi connectivity index (χ4v) is 5.79.